The van der Waals surface area contributed by atoms with Crippen molar-refractivity contribution in [3.63, 3.8) is 0 Å². The molecule has 0 heterocycles. The Morgan fingerprint density at radius 3 is 1.95 bits per heavy atom. The van der Waals surface area contributed by atoms with Crippen molar-refractivity contribution < 1.29 is 21.6 Å². The van der Waals surface area contributed by atoms with E-state index in [1.165, 1.54) is 12.1 Å². The molecule has 0 unspecified atom stereocenters. The van der Waals surface area contributed by atoms with E-state index in [9.17, 15) is 16.8 Å². The van der Waals surface area contributed by atoms with E-state index in [-0.39, 0.29) is 17.3 Å². The van der Waals surface area contributed by atoms with Crippen LogP contribution in [0.3, 0.4) is 0 Å². The monoisotopic (exact) mass is 307 g/mol. The number of hydrogen-bond donors (Lipinski definition) is 1. The minimum atomic E-state index is -3.78. The Kier molecular flexibility index (Phi) is 4.59. The van der Waals surface area contributed by atoms with Crippen molar-refractivity contribution in [1.82, 2.24) is 0 Å². The Balaban J connectivity index is 2.97. The van der Waals surface area contributed by atoms with E-state index in [2.05, 4.69) is 0 Å². The predicted molar refractivity (Wildman–Crippen MR) is 72.5 cm³/mol. The molecule has 108 valence electrons. The maximum atomic E-state index is 11.4. The fourth-order valence-corrected chi connectivity index (χ4v) is 3.16. The van der Waals surface area contributed by atoms with Gasteiger partial charge in [-0.1, -0.05) is 0 Å². The van der Waals surface area contributed by atoms with E-state index in [1.807, 2.05) is 0 Å². The van der Waals surface area contributed by atoms with Gasteiger partial charge in [-0.2, -0.15) is 0 Å². The number of rotatable bonds is 5. The molecule has 0 radical (unpaired) electrons. The molecule has 0 aromatic heterocycles. The molecule has 1 aromatic carbocycles. The quantitative estimate of drug-likeness (QED) is 0.846. The van der Waals surface area contributed by atoms with E-state index in [1.54, 1.807) is 13.8 Å². The van der Waals surface area contributed by atoms with Crippen LogP contribution in [0.2, 0.25) is 0 Å². The van der Waals surface area contributed by atoms with E-state index in [0.717, 1.165) is 6.26 Å². The lowest BCUT2D eigenvalue weighted by atomic mass is 10.1. The largest absolute Gasteiger partial charge is 0.493 e. The Morgan fingerprint density at radius 2 is 1.58 bits per heavy atom. The number of ether oxygens (including phenoxy) is 1. The molecular formula is C11H17NO5S2. The van der Waals surface area contributed by atoms with Crippen molar-refractivity contribution in [3.05, 3.63) is 23.3 Å². The Bertz CT molecular complexity index is 654. The molecule has 0 bridgehead atoms. The van der Waals surface area contributed by atoms with Gasteiger partial charge in [-0.25, -0.2) is 22.0 Å². The van der Waals surface area contributed by atoms with Crippen LogP contribution in [0.25, 0.3) is 0 Å². The Morgan fingerprint density at radius 1 is 1.11 bits per heavy atom. The fourth-order valence-electron chi connectivity index (χ4n) is 1.75. The van der Waals surface area contributed by atoms with Gasteiger partial charge < -0.3 is 4.74 Å². The van der Waals surface area contributed by atoms with Crippen molar-refractivity contribution in [3.8, 4) is 5.75 Å². The molecule has 1 rings (SSSR count). The van der Waals surface area contributed by atoms with Crippen LogP contribution in [-0.4, -0.2) is 35.5 Å². The summed E-state index contributed by atoms with van der Waals surface area (Å²) in [6.07, 6.45) is 1.12. The lowest BCUT2D eigenvalue weighted by Crippen LogP contribution is -2.16. The summed E-state index contributed by atoms with van der Waals surface area (Å²) in [5.74, 6) is 0.327. The standard InChI is InChI=1S/C11H17NO5S2/c1-8-6-10(17-4-5-18(3,13)14)7-9(2)11(8)19(12,15)16/h6-7H,4-5H2,1-3H3,(H2,12,15,16). The summed E-state index contributed by atoms with van der Waals surface area (Å²) < 4.78 is 50.0. The van der Waals surface area contributed by atoms with Gasteiger partial charge in [-0.3, -0.25) is 0 Å². The highest BCUT2D eigenvalue weighted by Gasteiger charge is 2.16. The van der Waals surface area contributed by atoms with Crippen molar-refractivity contribution in [2.45, 2.75) is 18.7 Å². The van der Waals surface area contributed by atoms with Crippen molar-refractivity contribution in [2.24, 2.45) is 5.14 Å². The third kappa shape index (κ3) is 4.81. The zero-order valence-electron chi connectivity index (χ0n) is 11.0. The summed E-state index contributed by atoms with van der Waals surface area (Å²) in [4.78, 5) is 0.0722. The van der Waals surface area contributed by atoms with Crippen LogP contribution in [0.15, 0.2) is 17.0 Å². The molecule has 0 fully saturated rings. The molecule has 0 aliphatic heterocycles. The average Bonchev–Trinajstić information content (AvgIpc) is 2.11. The summed E-state index contributed by atoms with van der Waals surface area (Å²) in [6, 6.07) is 3.05. The maximum Gasteiger partial charge on any atom is 0.238 e. The zero-order valence-corrected chi connectivity index (χ0v) is 12.6. The van der Waals surface area contributed by atoms with Gasteiger partial charge in [0, 0.05) is 6.26 Å². The summed E-state index contributed by atoms with van der Waals surface area (Å²) >= 11 is 0. The zero-order chi connectivity index (χ0) is 14.8. The average molecular weight is 307 g/mol. The molecule has 6 nitrogen and oxygen atoms in total. The van der Waals surface area contributed by atoms with Gasteiger partial charge in [0.2, 0.25) is 10.0 Å². The van der Waals surface area contributed by atoms with E-state index in [4.69, 9.17) is 9.88 Å². The normalized spacial score (nSPS) is 12.4. The highest BCUT2D eigenvalue weighted by Crippen LogP contribution is 2.24. The first-order valence-electron chi connectivity index (χ1n) is 5.45. The van der Waals surface area contributed by atoms with Crippen LogP contribution in [0, 0.1) is 13.8 Å². The molecule has 0 amide bonds. The summed E-state index contributed by atoms with van der Waals surface area (Å²) in [6.45, 7) is 3.23. The Labute approximate surface area is 113 Å². The van der Waals surface area contributed by atoms with E-state index < -0.39 is 19.9 Å². The summed E-state index contributed by atoms with van der Waals surface area (Å²) in [5.41, 5.74) is 0.939. The molecule has 0 saturated carbocycles. The molecule has 0 saturated heterocycles. The molecule has 0 aliphatic carbocycles. The molecule has 8 heteroatoms. The van der Waals surface area contributed by atoms with Crippen molar-refractivity contribution in [1.29, 1.82) is 0 Å². The second-order valence-electron chi connectivity index (χ2n) is 4.41. The van der Waals surface area contributed by atoms with Crippen LogP contribution in [0.4, 0.5) is 0 Å². The smallest absolute Gasteiger partial charge is 0.238 e. The second-order valence-corrected chi connectivity index (χ2v) is 8.17. The van der Waals surface area contributed by atoms with E-state index >= 15 is 0 Å². The SMILES string of the molecule is Cc1cc(OCCS(C)(=O)=O)cc(C)c1S(N)(=O)=O. The van der Waals surface area contributed by atoms with Gasteiger partial charge >= 0.3 is 0 Å². The molecular weight excluding hydrogens is 290 g/mol. The molecule has 1 aromatic rings. The van der Waals surface area contributed by atoms with Gasteiger partial charge in [0.05, 0.1) is 10.6 Å². The van der Waals surface area contributed by atoms with Gasteiger partial charge in [-0.15, -0.1) is 0 Å². The highest BCUT2D eigenvalue weighted by molar-refractivity contribution is 7.90. The van der Waals surface area contributed by atoms with E-state index in [0.29, 0.717) is 16.9 Å². The number of sulfonamides is 1. The number of primary sulfonamides is 1. The first-order valence-corrected chi connectivity index (χ1v) is 9.06. The first-order chi connectivity index (χ1) is 8.50. The van der Waals surface area contributed by atoms with Gasteiger partial charge in [0.1, 0.15) is 12.4 Å². The molecule has 2 N–H and O–H groups in total. The van der Waals surface area contributed by atoms with Crippen LogP contribution in [0.1, 0.15) is 11.1 Å². The number of nitrogens with two attached hydrogens (primary N) is 1. The minimum absolute atomic E-state index is 0.0203. The molecule has 0 spiro atoms. The highest BCUT2D eigenvalue weighted by atomic mass is 32.2. The van der Waals surface area contributed by atoms with Gasteiger partial charge in [-0.05, 0) is 37.1 Å². The van der Waals surface area contributed by atoms with Crippen LogP contribution in [-0.2, 0) is 19.9 Å². The fraction of sp³-hybridized carbons (Fsp3) is 0.455. The summed E-state index contributed by atoms with van der Waals surface area (Å²) in [7, 11) is -6.86. The van der Waals surface area contributed by atoms with Crippen molar-refractivity contribution in [2.75, 3.05) is 18.6 Å². The van der Waals surface area contributed by atoms with Gasteiger partial charge in [0.15, 0.2) is 9.84 Å². The second kappa shape index (κ2) is 5.48. The lowest BCUT2D eigenvalue weighted by molar-refractivity contribution is 0.340. The van der Waals surface area contributed by atoms with Crippen LogP contribution in [0.5, 0.6) is 5.75 Å². The van der Waals surface area contributed by atoms with Gasteiger partial charge in [0.25, 0.3) is 0 Å². The van der Waals surface area contributed by atoms with Crippen LogP contribution >= 0.6 is 0 Å². The number of hydrogen-bond acceptors (Lipinski definition) is 5. The maximum absolute atomic E-state index is 11.4. The predicted octanol–water partition coefficient (Wildman–Crippen LogP) is 0.374. The number of aryl methyl sites for hydroxylation is 2. The molecule has 0 atom stereocenters. The number of benzene rings is 1. The Hall–Kier alpha value is -1.12. The third-order valence-corrected chi connectivity index (χ3v) is 4.56. The minimum Gasteiger partial charge on any atom is -0.493 e. The molecule has 19 heavy (non-hydrogen) atoms. The lowest BCUT2D eigenvalue weighted by Gasteiger charge is -2.11. The first kappa shape index (κ1) is 15.9. The topological polar surface area (TPSA) is 104 Å². The van der Waals surface area contributed by atoms with Crippen LogP contribution < -0.4 is 9.88 Å². The summed E-state index contributed by atoms with van der Waals surface area (Å²) in [5, 5.41) is 5.12. The number of sulfone groups is 1. The third-order valence-electron chi connectivity index (χ3n) is 2.44. The van der Waals surface area contributed by atoms with Crippen molar-refractivity contribution >= 4 is 19.9 Å². The molecule has 0 aliphatic rings.